The summed E-state index contributed by atoms with van der Waals surface area (Å²) in [6.07, 6.45) is 2.49. The summed E-state index contributed by atoms with van der Waals surface area (Å²) in [7, 11) is 0. The zero-order valence-corrected chi connectivity index (χ0v) is 12.2. The Hall–Kier alpha value is -1.10. The Balaban J connectivity index is 2.36. The quantitative estimate of drug-likeness (QED) is 0.764. The van der Waals surface area contributed by atoms with Crippen molar-refractivity contribution in [3.8, 4) is 0 Å². The van der Waals surface area contributed by atoms with Gasteiger partial charge in [-0.25, -0.2) is 0 Å². The van der Waals surface area contributed by atoms with Crippen LogP contribution in [0.25, 0.3) is 0 Å². The van der Waals surface area contributed by atoms with Gasteiger partial charge in [0, 0.05) is 13.1 Å². The number of nitrogens with zero attached hydrogens (tertiary/aromatic N) is 1. The average molecular weight is 270 g/mol. The fraction of sp³-hybridized carbons (Fsp3) is 0.857. The molecule has 5 heteroatoms. The monoisotopic (exact) mass is 270 g/mol. The van der Waals surface area contributed by atoms with Crippen molar-refractivity contribution in [2.24, 2.45) is 11.3 Å². The van der Waals surface area contributed by atoms with Gasteiger partial charge in [-0.1, -0.05) is 13.8 Å². The lowest BCUT2D eigenvalue weighted by Crippen LogP contribution is -2.49. The van der Waals surface area contributed by atoms with E-state index in [0.717, 1.165) is 19.4 Å². The molecule has 1 saturated heterocycles. The molecule has 0 bridgehead atoms. The van der Waals surface area contributed by atoms with Gasteiger partial charge in [-0.15, -0.1) is 0 Å². The Morgan fingerprint density at radius 2 is 2.11 bits per heavy atom. The number of carboxylic acid groups (broad SMARTS) is 1. The average Bonchev–Trinajstić information content (AvgIpc) is 2.28. The van der Waals surface area contributed by atoms with Crippen LogP contribution in [0.3, 0.4) is 0 Å². The SMILES string of the molecule is CC(C)CCNC(=O)CN1CCCC(C)(C(=O)O)C1. The number of carboxylic acids is 1. The number of hydrogen-bond donors (Lipinski definition) is 2. The first-order valence-corrected chi connectivity index (χ1v) is 7.06. The maximum absolute atomic E-state index is 11.8. The highest BCUT2D eigenvalue weighted by atomic mass is 16.4. The summed E-state index contributed by atoms with van der Waals surface area (Å²) >= 11 is 0. The van der Waals surface area contributed by atoms with Crippen LogP contribution in [-0.2, 0) is 9.59 Å². The molecule has 0 aliphatic carbocycles. The lowest BCUT2D eigenvalue weighted by molar-refractivity contribution is -0.151. The highest BCUT2D eigenvalue weighted by Gasteiger charge is 2.38. The fourth-order valence-corrected chi connectivity index (χ4v) is 2.41. The summed E-state index contributed by atoms with van der Waals surface area (Å²) in [6, 6.07) is 0. The van der Waals surface area contributed by atoms with E-state index in [-0.39, 0.29) is 5.91 Å². The molecule has 0 saturated carbocycles. The molecule has 0 aromatic heterocycles. The number of piperidine rings is 1. The molecule has 5 nitrogen and oxygen atoms in total. The first kappa shape index (κ1) is 16.0. The van der Waals surface area contributed by atoms with E-state index in [2.05, 4.69) is 19.2 Å². The van der Waals surface area contributed by atoms with Crippen LogP contribution in [0.2, 0.25) is 0 Å². The molecule has 1 atom stereocenters. The van der Waals surface area contributed by atoms with Gasteiger partial charge in [0.05, 0.1) is 12.0 Å². The van der Waals surface area contributed by atoms with E-state index in [0.29, 0.717) is 32.0 Å². The van der Waals surface area contributed by atoms with Crippen molar-refractivity contribution in [2.45, 2.75) is 40.0 Å². The van der Waals surface area contributed by atoms with Crippen molar-refractivity contribution in [2.75, 3.05) is 26.2 Å². The molecule has 2 N–H and O–H groups in total. The number of hydrogen-bond acceptors (Lipinski definition) is 3. The van der Waals surface area contributed by atoms with Gasteiger partial charge in [0.2, 0.25) is 5.91 Å². The summed E-state index contributed by atoms with van der Waals surface area (Å²) in [5.41, 5.74) is -0.712. The van der Waals surface area contributed by atoms with Gasteiger partial charge in [-0.05, 0) is 38.6 Å². The van der Waals surface area contributed by atoms with Crippen LogP contribution in [0.4, 0.5) is 0 Å². The molecule has 1 rings (SSSR count). The van der Waals surface area contributed by atoms with E-state index in [1.807, 2.05) is 4.90 Å². The van der Waals surface area contributed by atoms with Crippen LogP contribution >= 0.6 is 0 Å². The molecule has 1 amide bonds. The van der Waals surface area contributed by atoms with E-state index < -0.39 is 11.4 Å². The zero-order valence-electron chi connectivity index (χ0n) is 12.2. The van der Waals surface area contributed by atoms with E-state index in [1.165, 1.54) is 0 Å². The van der Waals surface area contributed by atoms with Crippen molar-refractivity contribution < 1.29 is 14.7 Å². The molecule has 1 fully saturated rings. The highest BCUT2D eigenvalue weighted by molar-refractivity contribution is 5.78. The smallest absolute Gasteiger partial charge is 0.310 e. The Kier molecular flexibility index (Phi) is 5.79. The van der Waals surface area contributed by atoms with Crippen LogP contribution in [0, 0.1) is 11.3 Å². The van der Waals surface area contributed by atoms with Gasteiger partial charge >= 0.3 is 5.97 Å². The van der Waals surface area contributed by atoms with Gasteiger partial charge in [-0.2, -0.15) is 0 Å². The van der Waals surface area contributed by atoms with Crippen LogP contribution in [-0.4, -0.2) is 48.1 Å². The molecule has 1 heterocycles. The molecular weight excluding hydrogens is 244 g/mol. The second-order valence-electron chi connectivity index (χ2n) is 6.21. The van der Waals surface area contributed by atoms with Gasteiger partial charge in [0.25, 0.3) is 0 Å². The lowest BCUT2D eigenvalue weighted by atomic mass is 9.82. The van der Waals surface area contributed by atoms with Gasteiger partial charge in [-0.3, -0.25) is 14.5 Å². The third kappa shape index (κ3) is 5.19. The summed E-state index contributed by atoms with van der Waals surface area (Å²) in [6.45, 7) is 8.27. The molecule has 1 unspecified atom stereocenters. The number of carbonyl (C=O) groups excluding carboxylic acids is 1. The third-order valence-corrected chi connectivity index (χ3v) is 3.70. The number of aliphatic carboxylic acids is 1. The molecule has 110 valence electrons. The molecule has 0 aromatic carbocycles. The van der Waals surface area contributed by atoms with Crippen molar-refractivity contribution in [3.63, 3.8) is 0 Å². The van der Waals surface area contributed by atoms with Gasteiger partial charge in [0.1, 0.15) is 0 Å². The minimum Gasteiger partial charge on any atom is -0.481 e. The predicted octanol–water partition coefficient (Wildman–Crippen LogP) is 1.34. The predicted molar refractivity (Wildman–Crippen MR) is 73.9 cm³/mol. The number of amides is 1. The number of likely N-dealkylation sites (tertiary alicyclic amines) is 1. The van der Waals surface area contributed by atoms with Crippen molar-refractivity contribution in [3.05, 3.63) is 0 Å². The second-order valence-corrected chi connectivity index (χ2v) is 6.21. The first-order valence-electron chi connectivity index (χ1n) is 7.06. The summed E-state index contributed by atoms with van der Waals surface area (Å²) in [4.78, 5) is 24.9. The molecule has 1 aliphatic heterocycles. The Morgan fingerprint density at radius 3 is 2.68 bits per heavy atom. The third-order valence-electron chi connectivity index (χ3n) is 3.70. The van der Waals surface area contributed by atoms with Gasteiger partial charge in [0.15, 0.2) is 0 Å². The zero-order chi connectivity index (χ0) is 14.5. The molecular formula is C14H26N2O3. The number of carbonyl (C=O) groups is 2. The van der Waals surface area contributed by atoms with E-state index >= 15 is 0 Å². The lowest BCUT2D eigenvalue weighted by Gasteiger charge is -2.37. The van der Waals surface area contributed by atoms with Crippen molar-refractivity contribution in [1.82, 2.24) is 10.2 Å². The standard InChI is InChI=1S/C14H26N2O3/c1-11(2)5-7-15-12(17)9-16-8-4-6-14(3,10-16)13(18)19/h11H,4-10H2,1-3H3,(H,15,17)(H,18,19). The number of nitrogens with one attached hydrogen (secondary N) is 1. The van der Waals surface area contributed by atoms with Crippen LogP contribution in [0.15, 0.2) is 0 Å². The van der Waals surface area contributed by atoms with Crippen molar-refractivity contribution >= 4 is 11.9 Å². The largest absolute Gasteiger partial charge is 0.481 e. The van der Waals surface area contributed by atoms with Crippen LogP contribution in [0.1, 0.15) is 40.0 Å². The summed E-state index contributed by atoms with van der Waals surface area (Å²) in [5.74, 6) is -0.196. The summed E-state index contributed by atoms with van der Waals surface area (Å²) in [5, 5.41) is 12.1. The second kappa shape index (κ2) is 6.89. The summed E-state index contributed by atoms with van der Waals surface area (Å²) < 4.78 is 0. The molecule has 19 heavy (non-hydrogen) atoms. The number of rotatable bonds is 6. The van der Waals surface area contributed by atoms with Crippen LogP contribution < -0.4 is 5.32 Å². The normalized spacial score (nSPS) is 24.4. The highest BCUT2D eigenvalue weighted by Crippen LogP contribution is 2.29. The Labute approximate surface area is 115 Å². The maximum Gasteiger partial charge on any atom is 0.310 e. The van der Waals surface area contributed by atoms with Crippen molar-refractivity contribution in [1.29, 1.82) is 0 Å². The van der Waals surface area contributed by atoms with Crippen LogP contribution in [0.5, 0.6) is 0 Å². The topological polar surface area (TPSA) is 69.6 Å². The molecule has 1 aliphatic rings. The molecule has 0 radical (unpaired) electrons. The molecule has 0 aromatic rings. The van der Waals surface area contributed by atoms with Gasteiger partial charge < -0.3 is 10.4 Å². The minimum absolute atomic E-state index is 0.00436. The minimum atomic E-state index is -0.766. The van der Waals surface area contributed by atoms with E-state index in [1.54, 1.807) is 6.92 Å². The van der Waals surface area contributed by atoms with E-state index in [4.69, 9.17) is 0 Å². The van der Waals surface area contributed by atoms with E-state index in [9.17, 15) is 14.7 Å². The first-order chi connectivity index (χ1) is 8.83. The Bertz CT molecular complexity index is 331. The maximum atomic E-state index is 11.8. The Morgan fingerprint density at radius 1 is 1.42 bits per heavy atom. The molecule has 0 spiro atoms. The fourth-order valence-electron chi connectivity index (χ4n) is 2.41.